The third-order valence-corrected chi connectivity index (χ3v) is 5.70. The number of carbonyl (C=O) groups is 2. The topological polar surface area (TPSA) is 74.6 Å². The highest BCUT2D eigenvalue weighted by Crippen LogP contribution is 2.22. The smallest absolute Gasteiger partial charge is 0.336 e. The summed E-state index contributed by atoms with van der Waals surface area (Å²) < 4.78 is 0. The normalized spacial score (nSPS) is 9.82. The molecule has 0 aliphatic carbocycles. The molecule has 0 unspecified atom stereocenters. The SMILES string of the molecule is ClCCc1ccc(Cl)cc1Cl.ClCCc1ccc(Cl)cc1Cl.O=C(O)c1ccccc1C(=O)O. The molecule has 0 fully saturated rings. The van der Waals surface area contributed by atoms with E-state index in [0.717, 1.165) is 24.0 Å². The predicted octanol–water partition coefficient (Wildman–Crippen LogP) is 8.63. The van der Waals surface area contributed by atoms with Crippen molar-refractivity contribution in [3.05, 3.63) is 103 Å². The predicted molar refractivity (Wildman–Crippen MR) is 142 cm³/mol. The summed E-state index contributed by atoms with van der Waals surface area (Å²) in [7, 11) is 0. The zero-order valence-corrected chi connectivity index (χ0v) is 22.1. The fourth-order valence-corrected chi connectivity index (χ4v) is 3.92. The molecular weight excluding hydrogens is 565 g/mol. The maximum atomic E-state index is 10.5. The molecule has 3 aromatic rings. The van der Waals surface area contributed by atoms with Crippen LogP contribution in [0.1, 0.15) is 31.8 Å². The van der Waals surface area contributed by atoms with E-state index in [-0.39, 0.29) is 11.1 Å². The Morgan fingerprint density at radius 2 is 0.971 bits per heavy atom. The van der Waals surface area contributed by atoms with Crippen LogP contribution in [0.4, 0.5) is 0 Å². The van der Waals surface area contributed by atoms with E-state index >= 15 is 0 Å². The van der Waals surface area contributed by atoms with Gasteiger partial charge in [-0.3, -0.25) is 0 Å². The molecule has 0 spiro atoms. The molecule has 2 N–H and O–H groups in total. The Hall–Kier alpha value is -1.66. The minimum absolute atomic E-state index is 0.190. The van der Waals surface area contributed by atoms with E-state index in [1.54, 1.807) is 12.1 Å². The van der Waals surface area contributed by atoms with Crippen LogP contribution in [-0.2, 0) is 12.8 Å². The summed E-state index contributed by atoms with van der Waals surface area (Å²) >= 11 is 34.2. The molecule has 0 atom stereocenters. The van der Waals surface area contributed by atoms with Gasteiger partial charge in [0, 0.05) is 31.9 Å². The lowest BCUT2D eigenvalue weighted by molar-refractivity contribution is 0.0651. The van der Waals surface area contributed by atoms with E-state index in [0.29, 0.717) is 31.9 Å². The van der Waals surface area contributed by atoms with Crippen molar-refractivity contribution < 1.29 is 19.8 Å². The van der Waals surface area contributed by atoms with Crippen LogP contribution >= 0.6 is 69.6 Å². The lowest BCUT2D eigenvalue weighted by Crippen LogP contribution is -2.06. The number of hydrogen-bond donors (Lipinski definition) is 2. The summed E-state index contributed by atoms with van der Waals surface area (Å²) in [6.07, 6.45) is 1.58. The quantitative estimate of drug-likeness (QED) is 0.284. The number of carboxylic acids is 2. The average Bonchev–Trinajstić information content (AvgIpc) is 2.78. The maximum Gasteiger partial charge on any atom is 0.336 e. The van der Waals surface area contributed by atoms with Crippen molar-refractivity contribution in [2.45, 2.75) is 12.8 Å². The molecule has 4 nitrogen and oxygen atoms in total. The van der Waals surface area contributed by atoms with Gasteiger partial charge in [-0.1, -0.05) is 70.7 Å². The number of aryl methyl sites for hydroxylation is 2. The van der Waals surface area contributed by atoms with Crippen LogP contribution in [0.2, 0.25) is 20.1 Å². The number of rotatable bonds is 6. The Balaban J connectivity index is 0.000000255. The molecule has 0 bridgehead atoms. The third-order valence-electron chi connectivity index (χ3n) is 4.15. The Morgan fingerprint density at radius 1 is 0.618 bits per heavy atom. The number of alkyl halides is 2. The highest BCUT2D eigenvalue weighted by molar-refractivity contribution is 6.35. The van der Waals surface area contributed by atoms with Crippen LogP contribution < -0.4 is 0 Å². The van der Waals surface area contributed by atoms with Gasteiger partial charge in [-0.25, -0.2) is 9.59 Å². The summed E-state index contributed by atoms with van der Waals surface area (Å²) in [5, 5.41) is 19.8. The van der Waals surface area contributed by atoms with Crippen molar-refractivity contribution in [3.8, 4) is 0 Å². The zero-order valence-electron chi connectivity index (χ0n) is 17.6. The zero-order chi connectivity index (χ0) is 25.7. The molecule has 3 rings (SSSR count). The van der Waals surface area contributed by atoms with Crippen LogP contribution in [0.3, 0.4) is 0 Å². The first kappa shape index (κ1) is 30.4. The van der Waals surface area contributed by atoms with Crippen molar-refractivity contribution in [1.29, 1.82) is 0 Å². The van der Waals surface area contributed by atoms with Crippen molar-refractivity contribution in [2.24, 2.45) is 0 Å². The van der Waals surface area contributed by atoms with Gasteiger partial charge >= 0.3 is 11.9 Å². The molecule has 34 heavy (non-hydrogen) atoms. The number of aromatic carboxylic acids is 2. The van der Waals surface area contributed by atoms with Gasteiger partial charge in [0.25, 0.3) is 0 Å². The summed E-state index contributed by atoms with van der Waals surface area (Å²) in [4.78, 5) is 20.9. The molecule has 0 radical (unpaired) electrons. The largest absolute Gasteiger partial charge is 0.478 e. The van der Waals surface area contributed by atoms with E-state index in [1.807, 2.05) is 24.3 Å². The Labute approximate surface area is 227 Å². The van der Waals surface area contributed by atoms with Gasteiger partial charge in [-0.05, 0) is 60.4 Å². The van der Waals surface area contributed by atoms with Crippen molar-refractivity contribution in [2.75, 3.05) is 11.8 Å². The fourth-order valence-electron chi connectivity index (χ4n) is 2.51. The first-order valence-electron chi connectivity index (χ1n) is 9.66. The number of halogens is 6. The van der Waals surface area contributed by atoms with Crippen LogP contribution in [-0.4, -0.2) is 33.9 Å². The first-order chi connectivity index (χ1) is 16.1. The van der Waals surface area contributed by atoms with Crippen LogP contribution in [0.5, 0.6) is 0 Å². The number of hydrogen-bond acceptors (Lipinski definition) is 2. The molecule has 3 aromatic carbocycles. The van der Waals surface area contributed by atoms with Gasteiger partial charge in [-0.2, -0.15) is 0 Å². The van der Waals surface area contributed by atoms with Crippen LogP contribution in [0.25, 0.3) is 0 Å². The first-order valence-corrected chi connectivity index (χ1v) is 12.2. The van der Waals surface area contributed by atoms with Gasteiger partial charge in [0.1, 0.15) is 0 Å². The fraction of sp³-hybridized carbons (Fsp3) is 0.167. The van der Waals surface area contributed by atoms with Gasteiger partial charge in [0.15, 0.2) is 0 Å². The van der Waals surface area contributed by atoms with E-state index < -0.39 is 11.9 Å². The Bertz CT molecular complexity index is 1020. The number of carboxylic acid groups (broad SMARTS) is 2. The molecule has 0 saturated carbocycles. The molecule has 182 valence electrons. The second-order valence-corrected chi connectivity index (χ2v) is 8.95. The molecule has 0 amide bonds. The second kappa shape index (κ2) is 16.1. The lowest BCUT2D eigenvalue weighted by Gasteiger charge is -2.00. The van der Waals surface area contributed by atoms with E-state index in [2.05, 4.69) is 0 Å². The average molecular weight is 585 g/mol. The second-order valence-electron chi connectivity index (χ2n) is 6.51. The summed E-state index contributed by atoms with van der Waals surface area (Å²) in [5.41, 5.74) is 1.71. The maximum absolute atomic E-state index is 10.5. The van der Waals surface area contributed by atoms with E-state index in [4.69, 9.17) is 79.8 Å². The molecule has 0 saturated heterocycles. The van der Waals surface area contributed by atoms with E-state index in [9.17, 15) is 9.59 Å². The highest BCUT2D eigenvalue weighted by atomic mass is 35.5. The van der Waals surface area contributed by atoms with Gasteiger partial charge in [0.05, 0.1) is 11.1 Å². The van der Waals surface area contributed by atoms with Crippen LogP contribution in [0, 0.1) is 0 Å². The van der Waals surface area contributed by atoms with Gasteiger partial charge in [0.2, 0.25) is 0 Å². The molecule has 0 heterocycles. The van der Waals surface area contributed by atoms with Gasteiger partial charge < -0.3 is 10.2 Å². The van der Waals surface area contributed by atoms with Crippen molar-refractivity contribution in [1.82, 2.24) is 0 Å². The lowest BCUT2D eigenvalue weighted by atomic mass is 10.1. The highest BCUT2D eigenvalue weighted by Gasteiger charge is 2.13. The monoisotopic (exact) mass is 582 g/mol. The molecule has 10 heteroatoms. The molecular formula is C24H20Cl6O4. The van der Waals surface area contributed by atoms with Crippen molar-refractivity contribution in [3.63, 3.8) is 0 Å². The minimum Gasteiger partial charge on any atom is -0.478 e. The molecule has 0 aliphatic heterocycles. The van der Waals surface area contributed by atoms with Crippen LogP contribution in [0.15, 0.2) is 60.7 Å². The Morgan fingerprint density at radius 3 is 1.24 bits per heavy atom. The number of benzene rings is 3. The Kier molecular flexibility index (Phi) is 14.4. The molecule has 0 aliphatic rings. The van der Waals surface area contributed by atoms with Crippen molar-refractivity contribution >= 4 is 81.5 Å². The summed E-state index contributed by atoms with van der Waals surface area (Å²) in [6.45, 7) is 0. The van der Waals surface area contributed by atoms with Gasteiger partial charge in [-0.15, -0.1) is 23.2 Å². The summed E-state index contributed by atoms with van der Waals surface area (Å²) in [5.74, 6) is -1.29. The standard InChI is InChI=1S/2C8H7Cl3.C8H6O4/c2*9-4-3-6-1-2-7(10)5-8(6)11;9-7(10)5-3-1-2-4-6(5)8(11)12/h2*1-2,5H,3-4H2;1-4H,(H,9,10)(H,11,12). The third kappa shape index (κ3) is 10.7. The minimum atomic E-state index is -1.23. The summed E-state index contributed by atoms with van der Waals surface area (Å²) in [6, 6.07) is 16.4. The van der Waals surface area contributed by atoms with E-state index in [1.165, 1.54) is 24.3 Å². The molecule has 0 aromatic heterocycles.